The zero-order valence-electron chi connectivity index (χ0n) is 13.4. The van der Waals surface area contributed by atoms with Gasteiger partial charge in [-0.15, -0.1) is 0 Å². The maximum absolute atomic E-state index is 11.8. The summed E-state index contributed by atoms with van der Waals surface area (Å²) in [4.78, 5) is 8.82. The molecule has 2 aliphatic heterocycles. The predicted octanol–water partition coefficient (Wildman–Crippen LogP) is -0.787. The first-order valence-corrected chi connectivity index (χ1v) is 9.34. The van der Waals surface area contributed by atoms with E-state index in [1.54, 1.807) is 13.8 Å². The van der Waals surface area contributed by atoms with Crippen molar-refractivity contribution in [2.75, 3.05) is 52.7 Å². The lowest BCUT2D eigenvalue weighted by Gasteiger charge is -2.29. The number of guanidine groups is 1. The number of hydrogen-bond acceptors (Lipinski definition) is 7. The second kappa shape index (κ2) is 8.09. The molecule has 0 spiro atoms. The Hall–Kier alpha value is -0.900. The lowest BCUT2D eigenvalue weighted by atomic mass is 10.3. The molecular weight excluding hydrogens is 306 g/mol. The van der Waals surface area contributed by atoms with E-state index in [1.807, 2.05) is 0 Å². The number of morpholine rings is 1. The summed E-state index contributed by atoms with van der Waals surface area (Å²) < 4.78 is 31.3. The smallest absolute Gasteiger partial charge is 0.237 e. The molecular formula is C13H27N5O3S. The summed E-state index contributed by atoms with van der Waals surface area (Å²) in [5, 5.41) is 2.55. The molecule has 0 amide bonds. The molecule has 2 heterocycles. The molecule has 2 N–H and O–H groups in total. The van der Waals surface area contributed by atoms with Crippen LogP contribution in [0.1, 0.15) is 20.3 Å². The molecule has 0 radical (unpaired) electrons. The van der Waals surface area contributed by atoms with Crippen LogP contribution >= 0.6 is 0 Å². The zero-order valence-corrected chi connectivity index (χ0v) is 14.2. The molecule has 0 aromatic rings. The normalized spacial score (nSPS) is 21.5. The van der Waals surface area contributed by atoms with Crippen LogP contribution in [0.5, 0.6) is 0 Å². The highest BCUT2D eigenvalue weighted by Crippen LogP contribution is 2.02. The SMILES string of the molecule is CC(C)S(=O)(=O)NC1=NCN(CCCN2CCOCC2)CN1. The van der Waals surface area contributed by atoms with Gasteiger partial charge in [0.25, 0.3) is 0 Å². The number of nitrogens with zero attached hydrogens (tertiary/aromatic N) is 3. The number of sulfonamides is 1. The molecule has 1 saturated heterocycles. The minimum Gasteiger partial charge on any atom is -0.379 e. The molecule has 0 saturated carbocycles. The van der Waals surface area contributed by atoms with Crippen LogP contribution in [-0.2, 0) is 14.8 Å². The first-order chi connectivity index (χ1) is 10.5. The first-order valence-electron chi connectivity index (χ1n) is 7.80. The van der Waals surface area contributed by atoms with Crippen LogP contribution in [0.2, 0.25) is 0 Å². The molecule has 2 rings (SSSR count). The highest BCUT2D eigenvalue weighted by atomic mass is 32.2. The minimum absolute atomic E-state index is 0.345. The van der Waals surface area contributed by atoms with Gasteiger partial charge in [-0.1, -0.05) is 0 Å². The topological polar surface area (TPSA) is 86.3 Å². The molecule has 0 aromatic carbocycles. The van der Waals surface area contributed by atoms with Crippen molar-refractivity contribution < 1.29 is 13.2 Å². The van der Waals surface area contributed by atoms with Gasteiger partial charge < -0.3 is 10.1 Å². The maximum atomic E-state index is 11.8. The van der Waals surface area contributed by atoms with E-state index in [2.05, 4.69) is 24.8 Å². The first kappa shape index (κ1) is 17.5. The monoisotopic (exact) mass is 333 g/mol. The van der Waals surface area contributed by atoms with Gasteiger partial charge in [0.15, 0.2) is 0 Å². The molecule has 0 bridgehead atoms. The van der Waals surface area contributed by atoms with E-state index in [0.717, 1.165) is 45.8 Å². The molecule has 0 unspecified atom stereocenters. The van der Waals surface area contributed by atoms with Gasteiger partial charge in [-0.25, -0.2) is 13.4 Å². The third kappa shape index (κ3) is 5.38. The lowest BCUT2D eigenvalue weighted by Crippen LogP contribution is -2.51. The summed E-state index contributed by atoms with van der Waals surface area (Å²) in [5.41, 5.74) is 0. The Morgan fingerprint density at radius 2 is 1.95 bits per heavy atom. The van der Waals surface area contributed by atoms with Crippen molar-refractivity contribution in [2.45, 2.75) is 25.5 Å². The maximum Gasteiger partial charge on any atom is 0.237 e. The Bertz CT molecular complexity index is 474. The average Bonchev–Trinajstić information content (AvgIpc) is 2.50. The van der Waals surface area contributed by atoms with Gasteiger partial charge in [0.1, 0.15) is 0 Å². The van der Waals surface area contributed by atoms with E-state index >= 15 is 0 Å². The second-order valence-electron chi connectivity index (χ2n) is 5.88. The lowest BCUT2D eigenvalue weighted by molar-refractivity contribution is 0.0360. The molecule has 8 nitrogen and oxygen atoms in total. The van der Waals surface area contributed by atoms with E-state index in [9.17, 15) is 8.42 Å². The van der Waals surface area contributed by atoms with E-state index < -0.39 is 15.3 Å². The fourth-order valence-corrected chi connectivity index (χ4v) is 2.92. The Labute approximate surface area is 132 Å². The third-order valence-corrected chi connectivity index (χ3v) is 5.53. The quantitative estimate of drug-likeness (QED) is 0.663. The van der Waals surface area contributed by atoms with Crippen LogP contribution in [-0.4, -0.2) is 82.2 Å². The fourth-order valence-electron chi connectivity index (χ4n) is 2.28. The summed E-state index contributed by atoms with van der Waals surface area (Å²) >= 11 is 0. The van der Waals surface area contributed by atoms with Gasteiger partial charge >= 0.3 is 0 Å². The van der Waals surface area contributed by atoms with Gasteiger partial charge in [0, 0.05) is 19.6 Å². The predicted molar refractivity (Wildman–Crippen MR) is 86.1 cm³/mol. The van der Waals surface area contributed by atoms with Crippen LogP contribution in [0, 0.1) is 0 Å². The van der Waals surface area contributed by atoms with Crippen molar-refractivity contribution in [3.8, 4) is 0 Å². The van der Waals surface area contributed by atoms with Crippen LogP contribution in [0.3, 0.4) is 0 Å². The van der Waals surface area contributed by atoms with Gasteiger partial charge in [-0.2, -0.15) is 0 Å². The molecule has 22 heavy (non-hydrogen) atoms. The van der Waals surface area contributed by atoms with Crippen molar-refractivity contribution in [3.05, 3.63) is 0 Å². The number of rotatable bonds is 6. The number of hydrogen-bond donors (Lipinski definition) is 2. The highest BCUT2D eigenvalue weighted by molar-refractivity contribution is 7.90. The molecule has 0 aromatic heterocycles. The third-order valence-electron chi connectivity index (χ3n) is 3.81. The molecule has 128 valence electrons. The molecule has 2 aliphatic rings. The summed E-state index contributed by atoms with van der Waals surface area (Å²) in [5.74, 6) is 0.345. The summed E-state index contributed by atoms with van der Waals surface area (Å²) in [6.07, 6.45) is 1.07. The van der Waals surface area contributed by atoms with Crippen molar-refractivity contribution >= 4 is 16.0 Å². The van der Waals surface area contributed by atoms with Crippen LogP contribution in [0.25, 0.3) is 0 Å². The molecule has 0 atom stereocenters. The van der Waals surface area contributed by atoms with Crippen molar-refractivity contribution in [3.63, 3.8) is 0 Å². The van der Waals surface area contributed by atoms with Crippen LogP contribution in [0.15, 0.2) is 4.99 Å². The summed E-state index contributed by atoms with van der Waals surface area (Å²) in [6, 6.07) is 0. The van der Waals surface area contributed by atoms with E-state index in [0.29, 0.717) is 19.3 Å². The average molecular weight is 333 g/mol. The van der Waals surface area contributed by atoms with E-state index in [-0.39, 0.29) is 0 Å². The van der Waals surface area contributed by atoms with Gasteiger partial charge in [-0.05, 0) is 26.8 Å². The van der Waals surface area contributed by atoms with Crippen LogP contribution < -0.4 is 10.0 Å². The van der Waals surface area contributed by atoms with Crippen molar-refractivity contribution in [1.82, 2.24) is 19.8 Å². The highest BCUT2D eigenvalue weighted by Gasteiger charge is 2.20. The van der Waals surface area contributed by atoms with Crippen molar-refractivity contribution in [1.29, 1.82) is 0 Å². The number of aliphatic imine (C=N–C) groups is 1. The fraction of sp³-hybridized carbons (Fsp3) is 0.923. The summed E-state index contributed by atoms with van der Waals surface area (Å²) in [6.45, 7) is 10.1. The van der Waals surface area contributed by atoms with E-state index in [4.69, 9.17) is 4.74 Å². The summed E-state index contributed by atoms with van der Waals surface area (Å²) in [7, 11) is -3.33. The second-order valence-corrected chi connectivity index (χ2v) is 8.12. The van der Waals surface area contributed by atoms with Crippen molar-refractivity contribution in [2.24, 2.45) is 4.99 Å². The zero-order chi connectivity index (χ0) is 16.0. The number of nitrogens with one attached hydrogen (secondary N) is 2. The molecule has 0 aliphatic carbocycles. The van der Waals surface area contributed by atoms with E-state index in [1.165, 1.54) is 0 Å². The molecule has 9 heteroatoms. The Morgan fingerprint density at radius 1 is 1.27 bits per heavy atom. The van der Waals surface area contributed by atoms with Gasteiger partial charge in [-0.3, -0.25) is 14.5 Å². The molecule has 1 fully saturated rings. The van der Waals surface area contributed by atoms with Gasteiger partial charge in [0.2, 0.25) is 16.0 Å². The standard InChI is InChI=1S/C13H27N5O3S/c1-12(2)22(19,20)16-13-14-10-18(11-15-13)5-3-4-17-6-8-21-9-7-17/h12H,3-11H2,1-2H3,(H2,14,15,16). The van der Waals surface area contributed by atoms with Gasteiger partial charge in [0.05, 0.1) is 31.8 Å². The largest absolute Gasteiger partial charge is 0.379 e. The number of ether oxygens (including phenoxy) is 1. The Morgan fingerprint density at radius 3 is 2.55 bits per heavy atom. The minimum atomic E-state index is -3.33. The Balaban J connectivity index is 1.67. The van der Waals surface area contributed by atoms with Crippen LogP contribution in [0.4, 0.5) is 0 Å². The Kier molecular flexibility index (Phi) is 6.42.